The van der Waals surface area contributed by atoms with Gasteiger partial charge in [-0.15, -0.1) is 11.3 Å². The molecule has 1 aliphatic rings. The molecule has 1 aliphatic carbocycles. The molecule has 1 amide bonds. The second kappa shape index (κ2) is 6.41. The van der Waals surface area contributed by atoms with E-state index >= 15 is 0 Å². The molecule has 122 valence electrons. The Labute approximate surface area is 136 Å². The molecule has 1 aromatic rings. The van der Waals surface area contributed by atoms with Gasteiger partial charge in [-0.3, -0.25) is 4.79 Å². The molecule has 0 radical (unpaired) electrons. The maximum Gasteiger partial charge on any atom is 0.349 e. The molecule has 1 N–H and O–H groups in total. The monoisotopic (exact) mass is 323 g/mol. The standard InChI is InChI=1S/C17H25NO3S/c1-10-6-7-13-12(8-10)9-14(22-13)16(20)21-11(2)15(19)18-17(3,4)5/h9-11H,6-8H2,1-5H3,(H,18,19)/t10-,11-/m1/s1. The second-order valence-electron chi connectivity index (χ2n) is 7.19. The van der Waals surface area contributed by atoms with Crippen LogP contribution in [-0.4, -0.2) is 23.5 Å². The Kier molecular flexibility index (Phi) is 4.95. The zero-order valence-electron chi connectivity index (χ0n) is 14.0. The van der Waals surface area contributed by atoms with E-state index in [0.29, 0.717) is 10.8 Å². The summed E-state index contributed by atoms with van der Waals surface area (Å²) in [6, 6.07) is 1.94. The molecule has 0 saturated heterocycles. The number of aryl methyl sites for hydroxylation is 1. The molecule has 0 fully saturated rings. The minimum absolute atomic E-state index is 0.268. The van der Waals surface area contributed by atoms with Gasteiger partial charge in [0.25, 0.3) is 5.91 Å². The number of hydrogen-bond acceptors (Lipinski definition) is 4. The Bertz CT molecular complexity index is 571. The Balaban J connectivity index is 1.99. The molecule has 2 rings (SSSR count). The number of carbonyl (C=O) groups is 2. The molecule has 0 aliphatic heterocycles. The van der Waals surface area contributed by atoms with Crippen LogP contribution in [0.1, 0.15) is 61.2 Å². The van der Waals surface area contributed by atoms with E-state index in [1.165, 1.54) is 28.2 Å². The summed E-state index contributed by atoms with van der Waals surface area (Å²) in [5, 5.41) is 2.82. The number of ether oxygens (including phenoxy) is 1. The quantitative estimate of drug-likeness (QED) is 0.868. The Morgan fingerprint density at radius 3 is 2.73 bits per heavy atom. The molecule has 0 spiro atoms. The number of thiophene rings is 1. The van der Waals surface area contributed by atoms with E-state index in [4.69, 9.17) is 4.74 Å². The number of nitrogens with one attached hydrogen (secondary N) is 1. The van der Waals surface area contributed by atoms with E-state index in [1.54, 1.807) is 6.92 Å². The van der Waals surface area contributed by atoms with Crippen LogP contribution in [0.2, 0.25) is 0 Å². The summed E-state index contributed by atoms with van der Waals surface area (Å²) in [4.78, 5) is 26.1. The first-order valence-electron chi connectivity index (χ1n) is 7.80. The molecule has 0 unspecified atom stereocenters. The highest BCUT2D eigenvalue weighted by atomic mass is 32.1. The van der Waals surface area contributed by atoms with E-state index in [0.717, 1.165) is 12.8 Å². The van der Waals surface area contributed by atoms with Crippen molar-refractivity contribution >= 4 is 23.2 Å². The highest BCUT2D eigenvalue weighted by Crippen LogP contribution is 2.32. The number of hydrogen-bond donors (Lipinski definition) is 1. The van der Waals surface area contributed by atoms with Crippen molar-refractivity contribution in [1.82, 2.24) is 5.32 Å². The molecule has 2 atom stereocenters. The van der Waals surface area contributed by atoms with Gasteiger partial charge in [0, 0.05) is 10.4 Å². The SMILES string of the molecule is C[C@@H]1CCc2sc(C(=O)O[C@H](C)C(=O)NC(C)(C)C)cc2C1. The minimum Gasteiger partial charge on any atom is -0.448 e. The first-order chi connectivity index (χ1) is 10.2. The third-order valence-corrected chi connectivity index (χ3v) is 4.90. The molecular formula is C17H25NO3S. The third-order valence-electron chi connectivity index (χ3n) is 3.68. The van der Waals surface area contributed by atoms with Gasteiger partial charge in [0.05, 0.1) is 0 Å². The predicted octanol–water partition coefficient (Wildman–Crippen LogP) is 3.33. The van der Waals surface area contributed by atoms with E-state index in [1.807, 2.05) is 26.8 Å². The van der Waals surface area contributed by atoms with Crippen LogP contribution < -0.4 is 5.32 Å². The summed E-state index contributed by atoms with van der Waals surface area (Å²) in [6.07, 6.45) is 2.45. The Hall–Kier alpha value is -1.36. The zero-order valence-corrected chi connectivity index (χ0v) is 14.8. The second-order valence-corrected chi connectivity index (χ2v) is 8.33. The van der Waals surface area contributed by atoms with Crippen molar-refractivity contribution < 1.29 is 14.3 Å². The fourth-order valence-electron chi connectivity index (χ4n) is 2.55. The molecule has 0 aromatic carbocycles. The molecule has 4 nitrogen and oxygen atoms in total. The molecule has 22 heavy (non-hydrogen) atoms. The Morgan fingerprint density at radius 1 is 1.41 bits per heavy atom. The van der Waals surface area contributed by atoms with Crippen LogP contribution in [-0.2, 0) is 22.4 Å². The smallest absolute Gasteiger partial charge is 0.349 e. The van der Waals surface area contributed by atoms with Crippen molar-refractivity contribution in [3.05, 3.63) is 21.4 Å². The van der Waals surface area contributed by atoms with E-state index in [9.17, 15) is 9.59 Å². The maximum atomic E-state index is 12.2. The number of rotatable bonds is 3. The van der Waals surface area contributed by atoms with Gasteiger partial charge in [0.1, 0.15) is 4.88 Å². The number of esters is 1. The summed E-state index contributed by atoms with van der Waals surface area (Å²) in [7, 11) is 0. The van der Waals surface area contributed by atoms with Crippen LogP contribution in [0.25, 0.3) is 0 Å². The summed E-state index contributed by atoms with van der Waals surface area (Å²) in [6.45, 7) is 9.53. The third kappa shape index (κ3) is 4.32. The average Bonchev–Trinajstić information content (AvgIpc) is 2.79. The fourth-order valence-corrected chi connectivity index (χ4v) is 3.64. The zero-order chi connectivity index (χ0) is 16.5. The van der Waals surface area contributed by atoms with Crippen molar-refractivity contribution in [3.63, 3.8) is 0 Å². The molecule has 0 bridgehead atoms. The van der Waals surface area contributed by atoms with Crippen LogP contribution in [0.3, 0.4) is 0 Å². The fraction of sp³-hybridized carbons (Fsp3) is 0.647. The maximum absolute atomic E-state index is 12.2. The molecule has 1 heterocycles. The normalized spacial score (nSPS) is 19.2. The predicted molar refractivity (Wildman–Crippen MR) is 88.3 cm³/mol. The summed E-state index contributed by atoms with van der Waals surface area (Å²) < 4.78 is 5.31. The van der Waals surface area contributed by atoms with Gasteiger partial charge >= 0.3 is 5.97 Å². The van der Waals surface area contributed by atoms with E-state index < -0.39 is 12.1 Å². The highest BCUT2D eigenvalue weighted by Gasteiger charge is 2.25. The first-order valence-corrected chi connectivity index (χ1v) is 8.62. The van der Waals surface area contributed by atoms with Crippen LogP contribution in [0.4, 0.5) is 0 Å². The highest BCUT2D eigenvalue weighted by molar-refractivity contribution is 7.14. The molecule has 0 saturated carbocycles. The van der Waals surface area contributed by atoms with Gasteiger partial charge < -0.3 is 10.1 Å². The minimum atomic E-state index is -0.787. The first kappa shape index (κ1) is 17.0. The van der Waals surface area contributed by atoms with Crippen molar-refractivity contribution in [2.75, 3.05) is 0 Å². The van der Waals surface area contributed by atoms with Crippen molar-refractivity contribution in [3.8, 4) is 0 Å². The molecule has 1 aromatic heterocycles. The summed E-state index contributed by atoms with van der Waals surface area (Å²) >= 11 is 1.51. The number of fused-ring (bicyclic) bond motifs is 1. The van der Waals surface area contributed by atoms with Crippen LogP contribution >= 0.6 is 11.3 Å². The van der Waals surface area contributed by atoms with E-state index in [-0.39, 0.29) is 11.4 Å². The average molecular weight is 323 g/mol. The van der Waals surface area contributed by atoms with Gasteiger partial charge in [0.2, 0.25) is 0 Å². The van der Waals surface area contributed by atoms with Crippen molar-refractivity contribution in [1.29, 1.82) is 0 Å². The van der Waals surface area contributed by atoms with Crippen molar-refractivity contribution in [2.45, 2.75) is 65.5 Å². The molecule has 5 heteroatoms. The topological polar surface area (TPSA) is 55.4 Å². The Morgan fingerprint density at radius 2 is 2.09 bits per heavy atom. The number of amides is 1. The lowest BCUT2D eigenvalue weighted by molar-refractivity contribution is -0.130. The molecular weight excluding hydrogens is 298 g/mol. The van der Waals surface area contributed by atoms with Crippen molar-refractivity contribution in [2.24, 2.45) is 5.92 Å². The van der Waals surface area contributed by atoms with Crippen LogP contribution in [0.5, 0.6) is 0 Å². The lowest BCUT2D eigenvalue weighted by atomic mass is 9.90. The van der Waals surface area contributed by atoms with Gasteiger partial charge in [-0.05, 0) is 64.5 Å². The van der Waals surface area contributed by atoms with Crippen LogP contribution in [0.15, 0.2) is 6.07 Å². The van der Waals surface area contributed by atoms with Crippen LogP contribution in [0, 0.1) is 5.92 Å². The number of carbonyl (C=O) groups excluding carboxylic acids is 2. The largest absolute Gasteiger partial charge is 0.448 e. The summed E-state index contributed by atoms with van der Waals surface area (Å²) in [5.74, 6) is 0.00172. The van der Waals surface area contributed by atoms with Gasteiger partial charge in [-0.2, -0.15) is 0 Å². The van der Waals surface area contributed by atoms with E-state index in [2.05, 4.69) is 12.2 Å². The summed E-state index contributed by atoms with van der Waals surface area (Å²) in [5.41, 5.74) is 0.929. The lowest BCUT2D eigenvalue weighted by Gasteiger charge is -2.23. The van der Waals surface area contributed by atoms with Gasteiger partial charge in [-0.1, -0.05) is 6.92 Å². The van der Waals surface area contributed by atoms with Gasteiger partial charge in [-0.25, -0.2) is 4.79 Å². The lowest BCUT2D eigenvalue weighted by Crippen LogP contribution is -2.46. The van der Waals surface area contributed by atoms with Gasteiger partial charge in [0.15, 0.2) is 6.10 Å².